The van der Waals surface area contributed by atoms with Crippen LogP contribution >= 0.6 is 35.3 Å². The van der Waals surface area contributed by atoms with E-state index in [4.69, 9.17) is 17.7 Å². The first-order chi connectivity index (χ1) is 40.3. The Bertz CT molecular complexity index is 1970. The van der Waals surface area contributed by atoms with Gasteiger partial charge in [0, 0.05) is 25.2 Å². The maximum atomic E-state index is 13.6. The van der Waals surface area contributed by atoms with Gasteiger partial charge in [-0.05, 0) is 198 Å². The second kappa shape index (κ2) is 41.3. The van der Waals surface area contributed by atoms with Crippen LogP contribution in [0, 0.1) is 71.0 Å². The van der Waals surface area contributed by atoms with Gasteiger partial charge in [0.2, 0.25) is 0 Å². The van der Waals surface area contributed by atoms with Gasteiger partial charge in [-0.3, -0.25) is 0 Å². The molecular weight excluding hydrogens is 1290 g/mol. The Hall–Kier alpha value is 0.990. The Balaban J connectivity index is 0.000000585. The minimum absolute atomic E-state index is 0. The van der Waals surface area contributed by atoms with Crippen molar-refractivity contribution in [2.75, 3.05) is 36.2 Å². The zero-order valence-electron chi connectivity index (χ0n) is 53.1. The van der Waals surface area contributed by atoms with E-state index in [-0.39, 0.29) is 61.6 Å². The van der Waals surface area contributed by atoms with Crippen LogP contribution in [0.15, 0.2) is 0 Å². The number of hydrogen-bond acceptors (Lipinski definition) is 8. The van der Waals surface area contributed by atoms with Crippen LogP contribution < -0.4 is 29.6 Å². The Morgan fingerprint density at radius 2 is 0.841 bits per heavy atom. The molecule has 0 radical (unpaired) electrons. The molecule has 6 saturated carbocycles. The van der Waals surface area contributed by atoms with E-state index >= 15 is 0 Å². The number of alkyl halides is 14. The van der Waals surface area contributed by atoms with E-state index in [1.54, 1.807) is 0 Å². The Morgan fingerprint density at radius 1 is 0.523 bits per heavy atom. The molecule has 2 aliphatic heterocycles. The van der Waals surface area contributed by atoms with Gasteiger partial charge in [-0.25, -0.2) is 8.42 Å². The average Bonchev–Trinajstić information content (AvgIpc) is 0.978. The van der Waals surface area contributed by atoms with Crippen molar-refractivity contribution in [3.63, 3.8) is 0 Å². The van der Waals surface area contributed by atoms with Crippen molar-refractivity contribution < 1.29 is 115 Å². The molecule has 1 saturated heterocycles. The predicted octanol–water partition coefficient (Wildman–Crippen LogP) is 19.0. The quantitative estimate of drug-likeness (QED) is 0.0409. The van der Waals surface area contributed by atoms with E-state index in [9.17, 15) is 66.6 Å². The molecule has 1 N–H and O–H groups in total. The molecule has 0 aromatic rings. The van der Waals surface area contributed by atoms with Crippen LogP contribution in [0.2, 0.25) is 0 Å². The number of ether oxygens (including phenoxy) is 1. The summed E-state index contributed by atoms with van der Waals surface area (Å²) in [6, 6.07) is 0. The monoisotopic (exact) mass is 1390 g/mol. The van der Waals surface area contributed by atoms with Gasteiger partial charge in [0.05, 0.1) is 6.61 Å². The SMILES string of the molecule is C.CCCC1CCC(C2CCC(CCC(F)(F)C(F)(F)F)CC2)CC1.CCCC1CCC(C2CCC(CO)CC2)CC1.CCCC1CCC(C2CCC(COC3(C(F)(F)F)SCCCS3)CC2)CC1.FC(F)(F)C1=[S+]CCCS1.O=S(=O)([O-])C(F)(F)F.[H-].[Na+]. The molecule has 2 heterocycles. The van der Waals surface area contributed by atoms with Gasteiger partial charge in [-0.15, -0.1) is 23.5 Å². The summed E-state index contributed by atoms with van der Waals surface area (Å²) in [6.45, 7) is 7.53. The predicted molar refractivity (Wildman–Crippen MR) is 333 cm³/mol. The Labute approximate surface area is 560 Å². The summed E-state index contributed by atoms with van der Waals surface area (Å²) in [7, 11) is -6.09. The van der Waals surface area contributed by atoms with E-state index in [2.05, 4.69) is 20.8 Å². The minimum Gasteiger partial charge on any atom is -1.00 e. The van der Waals surface area contributed by atoms with Crippen molar-refractivity contribution in [2.45, 2.75) is 281 Å². The van der Waals surface area contributed by atoms with Gasteiger partial charge in [-0.2, -0.15) is 61.5 Å². The molecule has 0 aromatic carbocycles. The zero-order valence-corrected chi connectivity index (χ0v) is 58.2. The molecule has 25 heteroatoms. The third-order valence-corrected chi connectivity index (χ3v) is 26.4. The molecule has 8 rings (SSSR count). The standard InChI is InChI=1S/C21H35F3OS2.C19H31F5.C16H30O.C5H6F3S2.CHF3O3S.CH4.Na.H/c1-2-4-16-5-9-18(10-6-16)19-11-7-17(8-12-19)15-25-21(20(22,23)24)26-13-3-14-27-21;1-2-3-14-4-8-16(9-5-14)17-10-6-15(7-11-17)12-13-18(20,21)19(22,23)24;1-2-3-13-4-8-15(9-5-13)16-10-6-14(12-17)7-11-16;6-5(7,8)4-9-2-1-3-10-4;2-1(3,4)8(5,6)7;;;/h16-19H,2-15H2,1H3;14-17H,2-13H2,1H3;13-17H,2-12H2,1H3;1-3H2;(H,5,6,7);1H4;;/q;;;+1;;;+1;-1/p-1. The van der Waals surface area contributed by atoms with Crippen LogP contribution in [-0.4, -0.2) is 92.7 Å². The van der Waals surface area contributed by atoms with Gasteiger partial charge >= 0.3 is 63.7 Å². The first kappa shape index (κ1) is 85.1. The number of aliphatic hydroxyl groups is 1. The number of halogens is 14. The van der Waals surface area contributed by atoms with Crippen molar-refractivity contribution in [3.8, 4) is 0 Å². The third kappa shape index (κ3) is 29.8. The van der Waals surface area contributed by atoms with Crippen molar-refractivity contribution in [1.29, 1.82) is 0 Å². The van der Waals surface area contributed by atoms with Gasteiger partial charge in [0.25, 0.3) is 4.27 Å². The van der Waals surface area contributed by atoms with E-state index in [1.807, 2.05) is 0 Å². The molecule has 0 amide bonds. The normalized spacial score (nSPS) is 30.9. The molecular formula is C63H107F14NaO5S5. The molecule has 0 spiro atoms. The molecule has 0 atom stereocenters. The molecule has 0 unspecified atom stereocenters. The summed E-state index contributed by atoms with van der Waals surface area (Å²) in [5, 5.41) is 9.18. The topological polar surface area (TPSA) is 86.7 Å². The first-order valence-electron chi connectivity index (χ1n) is 32.6. The number of rotatable bonds is 16. The van der Waals surface area contributed by atoms with E-state index in [0.717, 1.165) is 145 Å². The molecule has 5 nitrogen and oxygen atoms in total. The smallest absolute Gasteiger partial charge is 1.00 e. The van der Waals surface area contributed by atoms with Crippen molar-refractivity contribution in [1.82, 2.24) is 0 Å². The van der Waals surface area contributed by atoms with Gasteiger partial charge in [-0.1, -0.05) is 130 Å². The van der Waals surface area contributed by atoms with Crippen LogP contribution in [-0.2, 0) is 26.2 Å². The molecule has 6 aliphatic carbocycles. The largest absolute Gasteiger partial charge is 1.00 e. The second-order valence-corrected chi connectivity index (χ2v) is 32.8. The molecule has 7 fully saturated rings. The van der Waals surface area contributed by atoms with E-state index in [1.165, 1.54) is 154 Å². The third-order valence-electron chi connectivity index (χ3n) is 20.0. The van der Waals surface area contributed by atoms with Crippen LogP contribution in [0.3, 0.4) is 0 Å². The molecule has 0 bridgehead atoms. The van der Waals surface area contributed by atoms with Crippen LogP contribution in [0.4, 0.5) is 61.5 Å². The maximum Gasteiger partial charge on any atom is 1.00 e. The fourth-order valence-electron chi connectivity index (χ4n) is 14.9. The molecule has 88 heavy (non-hydrogen) atoms. The summed E-state index contributed by atoms with van der Waals surface area (Å²) in [6.07, 6.45) is 25.3. The van der Waals surface area contributed by atoms with E-state index < -0.39 is 50.8 Å². The summed E-state index contributed by atoms with van der Waals surface area (Å²) in [5.74, 6) is 6.77. The summed E-state index contributed by atoms with van der Waals surface area (Å²) >= 11 is 3.75. The summed E-state index contributed by atoms with van der Waals surface area (Å²) < 4.78 is 201. The van der Waals surface area contributed by atoms with Crippen LogP contribution in [0.25, 0.3) is 0 Å². The fraction of sp³-hybridized carbons (Fsp3) is 0.984. The number of hydrogen-bond donors (Lipinski definition) is 1. The first-order valence-corrected chi connectivity index (χ1v) is 38.0. The second-order valence-electron chi connectivity index (χ2n) is 26.1. The fourth-order valence-corrected chi connectivity index (χ4v) is 19.9. The maximum absolute atomic E-state index is 13.6. The molecule has 0 aromatic heterocycles. The Morgan fingerprint density at radius 3 is 1.09 bits per heavy atom. The van der Waals surface area contributed by atoms with Gasteiger partial charge in [0.1, 0.15) is 0 Å². The Kier molecular flexibility index (Phi) is 39.9. The zero-order chi connectivity index (χ0) is 63.8. The summed E-state index contributed by atoms with van der Waals surface area (Å²) in [4.78, 5) is 0. The molecule has 518 valence electrons. The van der Waals surface area contributed by atoms with Crippen molar-refractivity contribution in [2.24, 2.45) is 71.0 Å². The minimum atomic E-state index is -6.09. The van der Waals surface area contributed by atoms with E-state index in [0.29, 0.717) is 47.4 Å². The number of aliphatic hydroxyl groups excluding tert-OH is 1. The van der Waals surface area contributed by atoms with Gasteiger partial charge < -0.3 is 15.8 Å². The summed E-state index contributed by atoms with van der Waals surface area (Å²) in [5.41, 5.74) is -5.65. The van der Waals surface area contributed by atoms with Crippen LogP contribution in [0.1, 0.15) is 248 Å². The van der Waals surface area contributed by atoms with Crippen LogP contribution in [0.5, 0.6) is 0 Å². The average molecular weight is 1390 g/mol. The molecule has 8 aliphatic rings. The van der Waals surface area contributed by atoms with Gasteiger partial charge in [0.15, 0.2) is 27.2 Å². The van der Waals surface area contributed by atoms with Crippen molar-refractivity contribution >= 4 is 61.0 Å². The number of thioether (sulfide) groups is 3. The van der Waals surface area contributed by atoms with Crippen molar-refractivity contribution in [3.05, 3.63) is 0 Å².